The lowest BCUT2D eigenvalue weighted by atomic mass is 10.0. The summed E-state index contributed by atoms with van der Waals surface area (Å²) in [6.45, 7) is 0. The van der Waals surface area contributed by atoms with Crippen LogP contribution in [-0.2, 0) is 0 Å². The molecule has 4 aromatic heterocycles. The Morgan fingerprint density at radius 3 is 2.80 bits per heavy atom. The first-order valence-electron chi connectivity index (χ1n) is 7.85. The first kappa shape index (κ1) is 13.7. The Morgan fingerprint density at radius 1 is 0.960 bits per heavy atom. The Labute approximate surface area is 142 Å². The molecule has 0 fully saturated rings. The van der Waals surface area contributed by atoms with Crippen molar-refractivity contribution in [1.82, 2.24) is 25.1 Å². The molecule has 0 unspecified atom stereocenters. The molecule has 0 aliphatic carbocycles. The Kier molecular flexibility index (Phi) is 3.00. The molecule has 0 saturated heterocycles. The van der Waals surface area contributed by atoms with Crippen LogP contribution < -0.4 is 0 Å². The van der Waals surface area contributed by atoms with Gasteiger partial charge >= 0.3 is 0 Å². The second-order valence-electron chi connectivity index (χ2n) is 5.72. The number of benzene rings is 1. The fraction of sp³-hybridized carbons (Fsp3) is 0. The number of nitrogens with zero attached hydrogens (tertiary/aromatic N) is 3. The minimum Gasteiger partial charge on any atom is -0.472 e. The topological polar surface area (TPSA) is 83.4 Å². The van der Waals surface area contributed by atoms with E-state index in [2.05, 4.69) is 43.3 Å². The van der Waals surface area contributed by atoms with Crippen molar-refractivity contribution >= 4 is 10.9 Å². The number of rotatable bonds is 3. The first-order chi connectivity index (χ1) is 12.4. The van der Waals surface area contributed by atoms with Crippen molar-refractivity contribution in [1.29, 1.82) is 0 Å². The largest absolute Gasteiger partial charge is 0.472 e. The average Bonchev–Trinajstić information content (AvgIpc) is 3.41. The molecule has 6 nitrogen and oxygen atoms in total. The zero-order valence-corrected chi connectivity index (χ0v) is 13.1. The second kappa shape index (κ2) is 5.45. The summed E-state index contributed by atoms with van der Waals surface area (Å²) in [7, 11) is 0. The molecule has 0 aliphatic rings. The minimum absolute atomic E-state index is 0.761. The maximum atomic E-state index is 5.22. The molecule has 5 rings (SSSR count). The Hall–Kier alpha value is -3.67. The predicted molar refractivity (Wildman–Crippen MR) is 94.6 cm³/mol. The van der Waals surface area contributed by atoms with Crippen molar-refractivity contribution in [2.75, 3.05) is 0 Å². The van der Waals surface area contributed by atoms with Crippen LogP contribution in [0.5, 0.6) is 0 Å². The fourth-order valence-electron chi connectivity index (χ4n) is 2.99. The number of H-pyrrole nitrogens is 2. The van der Waals surface area contributed by atoms with Crippen LogP contribution in [0.25, 0.3) is 44.8 Å². The van der Waals surface area contributed by atoms with E-state index in [1.165, 1.54) is 0 Å². The highest BCUT2D eigenvalue weighted by Crippen LogP contribution is 2.32. The van der Waals surface area contributed by atoms with Gasteiger partial charge in [0.15, 0.2) is 0 Å². The molecule has 0 saturated carbocycles. The van der Waals surface area contributed by atoms with Gasteiger partial charge in [0, 0.05) is 28.9 Å². The maximum absolute atomic E-state index is 5.22. The third-order valence-corrected chi connectivity index (χ3v) is 4.19. The zero-order chi connectivity index (χ0) is 16.6. The normalized spacial score (nSPS) is 11.2. The van der Waals surface area contributed by atoms with E-state index in [0.29, 0.717) is 0 Å². The Morgan fingerprint density at radius 2 is 1.96 bits per heavy atom. The number of fused-ring (bicyclic) bond motifs is 1. The average molecular weight is 327 g/mol. The van der Waals surface area contributed by atoms with Gasteiger partial charge in [0.25, 0.3) is 0 Å². The van der Waals surface area contributed by atoms with Gasteiger partial charge in [-0.2, -0.15) is 5.10 Å². The highest BCUT2D eigenvalue weighted by Gasteiger charge is 2.12. The number of hydrogen-bond donors (Lipinski definition) is 2. The van der Waals surface area contributed by atoms with Gasteiger partial charge in [-0.3, -0.25) is 15.1 Å². The van der Waals surface area contributed by atoms with E-state index in [1.54, 1.807) is 31.1 Å². The highest BCUT2D eigenvalue weighted by atomic mass is 16.3. The molecule has 2 N–H and O–H groups in total. The van der Waals surface area contributed by atoms with Crippen LogP contribution in [-0.4, -0.2) is 25.1 Å². The van der Waals surface area contributed by atoms with Crippen LogP contribution in [0.3, 0.4) is 0 Å². The lowest BCUT2D eigenvalue weighted by Gasteiger charge is -1.98. The lowest BCUT2D eigenvalue weighted by Crippen LogP contribution is -1.83. The van der Waals surface area contributed by atoms with E-state index in [9.17, 15) is 0 Å². The molecular weight excluding hydrogens is 314 g/mol. The molecule has 25 heavy (non-hydrogen) atoms. The van der Waals surface area contributed by atoms with Crippen LogP contribution in [0.15, 0.2) is 71.9 Å². The van der Waals surface area contributed by atoms with Gasteiger partial charge in [-0.1, -0.05) is 12.1 Å². The number of aromatic nitrogens is 5. The van der Waals surface area contributed by atoms with Gasteiger partial charge in [0.2, 0.25) is 0 Å². The summed E-state index contributed by atoms with van der Waals surface area (Å²) >= 11 is 0. The van der Waals surface area contributed by atoms with Crippen LogP contribution >= 0.6 is 0 Å². The molecule has 120 valence electrons. The summed E-state index contributed by atoms with van der Waals surface area (Å²) in [6, 6.07) is 12.2. The third kappa shape index (κ3) is 2.31. The Balaban J connectivity index is 1.60. The van der Waals surface area contributed by atoms with Crippen molar-refractivity contribution in [2.24, 2.45) is 0 Å². The van der Waals surface area contributed by atoms with Gasteiger partial charge in [-0.25, -0.2) is 0 Å². The second-order valence-corrected chi connectivity index (χ2v) is 5.72. The SMILES string of the molecule is c1cc(-c2ccoc2)c2cc(-c3cc(-c4cnccn4)[nH]n3)[nH]c2c1. The van der Waals surface area contributed by atoms with E-state index in [4.69, 9.17) is 4.42 Å². The molecule has 0 spiro atoms. The van der Waals surface area contributed by atoms with E-state index in [0.717, 1.165) is 44.8 Å². The van der Waals surface area contributed by atoms with Crippen LogP contribution in [0.4, 0.5) is 0 Å². The van der Waals surface area contributed by atoms with Gasteiger partial charge < -0.3 is 9.40 Å². The Bertz CT molecular complexity index is 1140. The standard InChI is InChI=1S/C19H13N5O/c1-2-13(12-4-7-25-11-12)14-8-16(22-15(14)3-1)17-9-18(24-23-17)19-10-20-5-6-21-19/h1-11,22H,(H,23,24). The summed E-state index contributed by atoms with van der Waals surface area (Å²) < 4.78 is 5.22. The van der Waals surface area contributed by atoms with E-state index >= 15 is 0 Å². The molecular formula is C19H13N5O. The molecule has 0 atom stereocenters. The quantitative estimate of drug-likeness (QED) is 0.518. The highest BCUT2D eigenvalue weighted by molar-refractivity contribution is 5.97. The number of hydrogen-bond acceptors (Lipinski definition) is 4. The van der Waals surface area contributed by atoms with Crippen molar-refractivity contribution in [3.05, 3.63) is 67.5 Å². The number of nitrogens with one attached hydrogen (secondary N) is 2. The monoisotopic (exact) mass is 327 g/mol. The van der Waals surface area contributed by atoms with Crippen molar-refractivity contribution < 1.29 is 4.42 Å². The molecule has 0 bridgehead atoms. The van der Waals surface area contributed by atoms with E-state index in [1.807, 2.05) is 18.2 Å². The summed E-state index contributed by atoms with van der Waals surface area (Å²) in [6.07, 6.45) is 8.45. The predicted octanol–water partition coefficient (Wildman–Crippen LogP) is 4.28. The summed E-state index contributed by atoms with van der Waals surface area (Å²) in [5.41, 5.74) is 6.59. The summed E-state index contributed by atoms with van der Waals surface area (Å²) in [5, 5.41) is 8.56. The van der Waals surface area contributed by atoms with Crippen LogP contribution in [0, 0.1) is 0 Å². The van der Waals surface area contributed by atoms with E-state index in [-0.39, 0.29) is 0 Å². The van der Waals surface area contributed by atoms with Crippen molar-refractivity contribution in [3.8, 4) is 33.9 Å². The molecule has 0 radical (unpaired) electrons. The molecule has 4 heterocycles. The van der Waals surface area contributed by atoms with Crippen molar-refractivity contribution in [2.45, 2.75) is 0 Å². The maximum Gasteiger partial charge on any atom is 0.109 e. The minimum atomic E-state index is 0.761. The van der Waals surface area contributed by atoms with Gasteiger partial charge in [-0.15, -0.1) is 0 Å². The van der Waals surface area contributed by atoms with E-state index < -0.39 is 0 Å². The molecule has 0 aliphatic heterocycles. The zero-order valence-electron chi connectivity index (χ0n) is 13.1. The molecule has 5 aromatic rings. The van der Waals surface area contributed by atoms with Crippen LogP contribution in [0.1, 0.15) is 0 Å². The fourth-order valence-corrected chi connectivity index (χ4v) is 2.99. The smallest absolute Gasteiger partial charge is 0.109 e. The van der Waals surface area contributed by atoms with Gasteiger partial charge in [0.05, 0.1) is 30.1 Å². The van der Waals surface area contributed by atoms with Crippen LogP contribution in [0.2, 0.25) is 0 Å². The molecule has 6 heteroatoms. The number of furan rings is 1. The lowest BCUT2D eigenvalue weighted by molar-refractivity contribution is 0.568. The first-order valence-corrected chi connectivity index (χ1v) is 7.85. The molecule has 1 aromatic carbocycles. The van der Waals surface area contributed by atoms with Gasteiger partial charge in [-0.05, 0) is 29.8 Å². The third-order valence-electron chi connectivity index (χ3n) is 4.19. The van der Waals surface area contributed by atoms with Gasteiger partial charge in [0.1, 0.15) is 11.4 Å². The summed E-state index contributed by atoms with van der Waals surface area (Å²) in [4.78, 5) is 11.8. The molecule has 0 amide bonds. The summed E-state index contributed by atoms with van der Waals surface area (Å²) in [5.74, 6) is 0. The van der Waals surface area contributed by atoms with Crippen molar-refractivity contribution in [3.63, 3.8) is 0 Å². The number of aromatic amines is 2.